The summed E-state index contributed by atoms with van der Waals surface area (Å²) >= 11 is 0. The SMILES string of the molecule is CC(C)(C)OC(=O)N[C@H]1CC[C@H](CNc2nc(NCc3ccc(N)cc3)ncc2[N+](=O)O)CC1. The molecule has 1 amide bonds. The minimum atomic E-state index is -0.522. The van der Waals surface area contributed by atoms with Gasteiger partial charge in [0.25, 0.3) is 4.92 Å². The van der Waals surface area contributed by atoms with Gasteiger partial charge >= 0.3 is 11.8 Å². The van der Waals surface area contributed by atoms with Crippen molar-refractivity contribution in [2.24, 2.45) is 5.92 Å². The third-order valence-corrected chi connectivity index (χ3v) is 5.53. The molecule has 0 unspecified atom stereocenters. The number of hydrogen-bond acceptors (Lipinski definition) is 8. The molecular formula is C23H34N7O4+. The molecule has 0 aliphatic heterocycles. The van der Waals surface area contributed by atoms with E-state index in [-0.39, 0.29) is 22.5 Å². The number of benzene rings is 1. The molecule has 1 aromatic heterocycles. The van der Waals surface area contributed by atoms with Crippen LogP contribution >= 0.6 is 0 Å². The van der Waals surface area contributed by atoms with Crippen LogP contribution in [0.25, 0.3) is 0 Å². The fourth-order valence-corrected chi connectivity index (χ4v) is 3.77. The number of ether oxygens (including phenoxy) is 1. The van der Waals surface area contributed by atoms with E-state index in [1.54, 1.807) is 0 Å². The smallest absolute Gasteiger partial charge is 0.407 e. The molecule has 6 N–H and O–H groups in total. The second-order valence-electron chi connectivity index (χ2n) is 9.54. The van der Waals surface area contributed by atoms with Gasteiger partial charge in [0.05, 0.1) is 4.91 Å². The molecule has 0 spiro atoms. The Kier molecular flexibility index (Phi) is 8.08. The highest BCUT2D eigenvalue weighted by atomic mass is 16.6. The summed E-state index contributed by atoms with van der Waals surface area (Å²) in [4.78, 5) is 31.8. The lowest BCUT2D eigenvalue weighted by atomic mass is 9.86. The lowest BCUT2D eigenvalue weighted by molar-refractivity contribution is -0.729. The fraction of sp³-hybridized carbons (Fsp3) is 0.522. The van der Waals surface area contributed by atoms with E-state index < -0.39 is 11.7 Å². The molecule has 184 valence electrons. The lowest BCUT2D eigenvalue weighted by Gasteiger charge is -2.30. The van der Waals surface area contributed by atoms with Crippen molar-refractivity contribution in [3.63, 3.8) is 0 Å². The number of nitrogens with one attached hydrogen (secondary N) is 3. The van der Waals surface area contributed by atoms with Gasteiger partial charge in [-0.05, 0) is 70.1 Å². The molecule has 0 saturated heterocycles. The monoisotopic (exact) mass is 472 g/mol. The molecule has 2 aromatic rings. The van der Waals surface area contributed by atoms with Gasteiger partial charge < -0.3 is 26.4 Å². The van der Waals surface area contributed by atoms with Crippen molar-refractivity contribution in [2.75, 3.05) is 22.9 Å². The number of rotatable bonds is 8. The first kappa shape index (κ1) is 25.0. The van der Waals surface area contributed by atoms with Gasteiger partial charge in [0.1, 0.15) is 11.8 Å². The predicted molar refractivity (Wildman–Crippen MR) is 129 cm³/mol. The Hall–Kier alpha value is -3.63. The average Bonchev–Trinajstić information content (AvgIpc) is 2.77. The van der Waals surface area contributed by atoms with Gasteiger partial charge in [-0.1, -0.05) is 12.1 Å². The van der Waals surface area contributed by atoms with Crippen molar-refractivity contribution in [2.45, 2.75) is 64.6 Å². The van der Waals surface area contributed by atoms with Crippen LogP contribution in [0.5, 0.6) is 0 Å². The second-order valence-corrected chi connectivity index (χ2v) is 9.54. The van der Waals surface area contributed by atoms with Crippen LogP contribution in [0.4, 0.5) is 27.9 Å². The molecule has 0 bridgehead atoms. The molecule has 11 nitrogen and oxygen atoms in total. The standard InChI is InChI=1S/C23H33N7O4/c1-23(2,3)34-22(31)28-18-10-6-16(7-11-18)12-25-20-19(30(32)33)14-27-21(29-20)26-13-15-4-8-17(24)9-5-15/h4-5,8-9,14,16,18H,6-7,10-13,24H2,1-3H3,(H3-,25,26,27,28,29,31,32,33)/p+1/t16-,18-. The second kappa shape index (κ2) is 11.0. The first-order valence-electron chi connectivity index (χ1n) is 11.4. The molecule has 1 fully saturated rings. The summed E-state index contributed by atoms with van der Waals surface area (Å²) in [5.74, 6) is 0.918. The molecular weight excluding hydrogens is 438 g/mol. The van der Waals surface area contributed by atoms with E-state index in [0.717, 1.165) is 31.2 Å². The van der Waals surface area contributed by atoms with Crippen LogP contribution in [0.2, 0.25) is 0 Å². The summed E-state index contributed by atoms with van der Waals surface area (Å²) in [6.07, 6.45) is 4.36. The number of anilines is 3. The largest absolute Gasteiger partial charge is 0.444 e. The normalized spacial score (nSPS) is 18.1. The number of amides is 1. The zero-order chi connectivity index (χ0) is 24.7. The highest BCUT2D eigenvalue weighted by molar-refractivity contribution is 5.68. The number of aromatic nitrogens is 2. The van der Waals surface area contributed by atoms with E-state index in [4.69, 9.17) is 10.5 Å². The van der Waals surface area contributed by atoms with Gasteiger partial charge in [-0.3, -0.25) is 0 Å². The zero-order valence-electron chi connectivity index (χ0n) is 19.9. The van der Waals surface area contributed by atoms with Crippen molar-refractivity contribution in [1.29, 1.82) is 0 Å². The molecule has 34 heavy (non-hydrogen) atoms. The topological polar surface area (TPSA) is 154 Å². The van der Waals surface area contributed by atoms with E-state index in [1.165, 1.54) is 6.20 Å². The molecule has 0 radical (unpaired) electrons. The summed E-state index contributed by atoms with van der Waals surface area (Å²) in [5.41, 5.74) is 6.81. The zero-order valence-corrected chi connectivity index (χ0v) is 19.9. The number of nitrogens with two attached hydrogens (primary N) is 1. The number of nitrogens with zero attached hydrogens (tertiary/aromatic N) is 3. The molecule has 1 aliphatic rings. The Balaban J connectivity index is 1.52. The van der Waals surface area contributed by atoms with Crippen LogP contribution < -0.4 is 21.7 Å². The Morgan fingerprint density at radius 1 is 1.18 bits per heavy atom. The molecule has 3 rings (SSSR count). The summed E-state index contributed by atoms with van der Waals surface area (Å²) < 4.78 is 5.33. The summed E-state index contributed by atoms with van der Waals surface area (Å²) in [6, 6.07) is 7.51. The van der Waals surface area contributed by atoms with Crippen LogP contribution in [0.1, 0.15) is 52.0 Å². The summed E-state index contributed by atoms with van der Waals surface area (Å²) in [5, 5.41) is 18.7. The van der Waals surface area contributed by atoms with Crippen molar-refractivity contribution in [3.8, 4) is 0 Å². The van der Waals surface area contributed by atoms with Crippen molar-refractivity contribution >= 4 is 29.2 Å². The maximum absolute atomic E-state index is 12.0. The third-order valence-electron chi connectivity index (χ3n) is 5.53. The van der Waals surface area contributed by atoms with Crippen molar-refractivity contribution in [1.82, 2.24) is 15.3 Å². The summed E-state index contributed by atoms with van der Waals surface area (Å²) in [6.45, 7) is 6.57. The van der Waals surface area contributed by atoms with Gasteiger partial charge in [0.15, 0.2) is 0 Å². The van der Waals surface area contributed by atoms with E-state index in [0.29, 0.717) is 30.6 Å². The molecule has 1 aliphatic carbocycles. The molecule has 0 atom stereocenters. The Morgan fingerprint density at radius 2 is 1.85 bits per heavy atom. The maximum atomic E-state index is 12.0. The number of carbonyl (C=O) groups is 1. The average molecular weight is 473 g/mol. The number of hydrogen-bond donors (Lipinski definition) is 5. The van der Waals surface area contributed by atoms with Gasteiger partial charge in [-0.25, -0.2) is 15.0 Å². The Bertz CT molecular complexity index is 984. The fourth-order valence-electron chi connectivity index (χ4n) is 3.77. The maximum Gasteiger partial charge on any atom is 0.407 e. The number of alkyl carbamates (subject to hydrolysis) is 1. The van der Waals surface area contributed by atoms with Crippen LogP contribution in [-0.2, 0) is 11.3 Å². The Morgan fingerprint density at radius 3 is 2.47 bits per heavy atom. The first-order valence-corrected chi connectivity index (χ1v) is 11.4. The first-order chi connectivity index (χ1) is 16.1. The van der Waals surface area contributed by atoms with Crippen molar-refractivity contribution < 1.29 is 19.7 Å². The van der Waals surface area contributed by atoms with Gasteiger partial charge in [0, 0.05) is 24.8 Å². The molecule has 11 heteroatoms. The third kappa shape index (κ3) is 7.75. The summed E-state index contributed by atoms with van der Waals surface area (Å²) in [7, 11) is 0. The van der Waals surface area contributed by atoms with E-state index in [2.05, 4.69) is 25.9 Å². The number of carbonyl (C=O) groups excluding carboxylic acids is 1. The minimum Gasteiger partial charge on any atom is -0.444 e. The van der Waals surface area contributed by atoms with Crippen LogP contribution in [0.15, 0.2) is 30.5 Å². The van der Waals surface area contributed by atoms with Gasteiger partial charge in [-0.2, -0.15) is 4.98 Å². The lowest BCUT2D eigenvalue weighted by Crippen LogP contribution is -2.41. The number of nitrogen functional groups attached to an aromatic ring is 1. The van der Waals surface area contributed by atoms with E-state index >= 15 is 0 Å². The van der Waals surface area contributed by atoms with E-state index in [9.17, 15) is 14.9 Å². The van der Waals surface area contributed by atoms with Gasteiger partial charge in [-0.15, -0.1) is 0 Å². The highest BCUT2D eigenvalue weighted by Gasteiger charge is 2.27. The van der Waals surface area contributed by atoms with Crippen LogP contribution in [-0.4, -0.2) is 44.4 Å². The predicted octanol–water partition coefficient (Wildman–Crippen LogP) is 3.97. The highest BCUT2D eigenvalue weighted by Crippen LogP contribution is 2.27. The van der Waals surface area contributed by atoms with Gasteiger partial charge in [0.2, 0.25) is 11.8 Å². The minimum absolute atomic E-state index is 0.0571. The van der Waals surface area contributed by atoms with Crippen LogP contribution in [0.3, 0.4) is 0 Å². The molecule has 1 aromatic carbocycles. The molecule has 1 saturated carbocycles. The quantitative estimate of drug-likeness (QED) is 0.283. The van der Waals surface area contributed by atoms with E-state index in [1.807, 2.05) is 45.0 Å². The van der Waals surface area contributed by atoms with Crippen molar-refractivity contribution in [3.05, 3.63) is 40.9 Å². The molecule has 1 heterocycles. The Labute approximate surface area is 199 Å². The van der Waals surface area contributed by atoms with Crippen LogP contribution in [0, 0.1) is 10.8 Å².